The van der Waals surface area contributed by atoms with E-state index in [0.29, 0.717) is 11.7 Å². The topological polar surface area (TPSA) is 96.0 Å². The average molecular weight is 364 g/mol. The Balaban J connectivity index is 1.46. The van der Waals surface area contributed by atoms with E-state index in [2.05, 4.69) is 38.7 Å². The molecule has 9 heteroatoms. The number of H-pyrrole nitrogens is 1. The van der Waals surface area contributed by atoms with Crippen LogP contribution >= 0.6 is 11.3 Å². The van der Waals surface area contributed by atoms with E-state index in [9.17, 15) is 4.79 Å². The lowest BCUT2D eigenvalue weighted by Gasteiger charge is -2.14. The second-order valence-electron chi connectivity index (χ2n) is 6.30. The maximum atomic E-state index is 12.2. The Morgan fingerprint density at radius 2 is 2.40 bits per heavy atom. The highest BCUT2D eigenvalue weighted by molar-refractivity contribution is 7.15. The lowest BCUT2D eigenvalue weighted by molar-refractivity contribution is -0.117. The van der Waals surface area contributed by atoms with Crippen LogP contribution in [0.4, 0.5) is 5.13 Å². The number of ether oxygens (including phenoxy) is 1. The molecule has 2 N–H and O–H groups in total. The van der Waals surface area contributed by atoms with E-state index >= 15 is 0 Å². The van der Waals surface area contributed by atoms with Crippen molar-refractivity contribution in [3.8, 4) is 0 Å². The van der Waals surface area contributed by atoms with Crippen LogP contribution in [0.1, 0.15) is 48.7 Å². The first-order valence-corrected chi connectivity index (χ1v) is 9.42. The normalized spacial score (nSPS) is 17.3. The molecule has 0 spiro atoms. The first-order chi connectivity index (χ1) is 12.1. The average Bonchev–Trinajstić information content (AvgIpc) is 3.28. The summed E-state index contributed by atoms with van der Waals surface area (Å²) in [4.78, 5) is 14.1. The van der Waals surface area contributed by atoms with Crippen LogP contribution in [0.5, 0.6) is 0 Å². The molecule has 3 heterocycles. The first kappa shape index (κ1) is 18.0. The van der Waals surface area contributed by atoms with Gasteiger partial charge in [0.15, 0.2) is 0 Å². The van der Waals surface area contributed by atoms with Gasteiger partial charge >= 0.3 is 0 Å². The number of carbonyl (C=O) groups is 1. The third kappa shape index (κ3) is 5.07. The van der Waals surface area contributed by atoms with Gasteiger partial charge in [-0.3, -0.25) is 20.1 Å². The van der Waals surface area contributed by atoms with E-state index in [1.165, 1.54) is 11.3 Å². The minimum absolute atomic E-state index is 0.0310. The van der Waals surface area contributed by atoms with Gasteiger partial charge in [-0.2, -0.15) is 5.10 Å². The Bertz CT molecular complexity index is 694. The Morgan fingerprint density at radius 1 is 1.52 bits per heavy atom. The number of aromatic nitrogens is 4. The summed E-state index contributed by atoms with van der Waals surface area (Å²) in [5.74, 6) is -0.106. The van der Waals surface area contributed by atoms with Crippen molar-refractivity contribution in [2.75, 3.05) is 25.5 Å². The van der Waals surface area contributed by atoms with Crippen LogP contribution in [0.2, 0.25) is 0 Å². The lowest BCUT2D eigenvalue weighted by atomic mass is 10.2. The smallest absolute Gasteiger partial charge is 0.240 e. The number of aromatic amines is 1. The van der Waals surface area contributed by atoms with Gasteiger partial charge in [0, 0.05) is 18.8 Å². The zero-order chi connectivity index (χ0) is 17.6. The summed E-state index contributed by atoms with van der Waals surface area (Å²) >= 11 is 1.38. The molecule has 0 radical (unpaired) electrons. The van der Waals surface area contributed by atoms with Crippen molar-refractivity contribution in [3.63, 3.8) is 0 Å². The molecule has 2 aromatic rings. The summed E-state index contributed by atoms with van der Waals surface area (Å²) in [6.07, 6.45) is 4.08. The Morgan fingerprint density at radius 3 is 3.16 bits per heavy atom. The van der Waals surface area contributed by atoms with Crippen LogP contribution in [0.3, 0.4) is 0 Å². The number of nitrogens with zero attached hydrogens (tertiary/aromatic N) is 4. The SMILES string of the molecule is CCCc1cc(CN(C)CC(=O)Nc2nnc(C3CCCO3)s2)[nH]n1. The third-order valence-electron chi connectivity index (χ3n) is 3.94. The van der Waals surface area contributed by atoms with E-state index in [1.54, 1.807) is 0 Å². The number of carbonyl (C=O) groups excluding carboxylic acids is 1. The van der Waals surface area contributed by atoms with Crippen molar-refractivity contribution in [1.29, 1.82) is 0 Å². The molecule has 1 aliphatic heterocycles. The standard InChI is InChI=1S/C16H24N6O2S/c1-3-5-11-8-12(19-18-11)9-22(2)10-14(23)17-16-21-20-15(25-16)13-6-4-7-24-13/h8,13H,3-7,9-10H2,1-2H3,(H,18,19)(H,17,21,23). The van der Waals surface area contributed by atoms with Crippen LogP contribution in [0, 0.1) is 0 Å². The monoisotopic (exact) mass is 364 g/mol. The molecule has 1 aliphatic rings. The van der Waals surface area contributed by atoms with E-state index in [0.717, 1.165) is 48.7 Å². The number of aryl methyl sites for hydroxylation is 1. The Kier molecular flexibility index (Phi) is 6.11. The maximum absolute atomic E-state index is 12.2. The van der Waals surface area contributed by atoms with Gasteiger partial charge < -0.3 is 4.74 Å². The predicted octanol–water partition coefficient (Wildman–Crippen LogP) is 2.14. The van der Waals surface area contributed by atoms with E-state index in [-0.39, 0.29) is 18.6 Å². The molecule has 25 heavy (non-hydrogen) atoms. The summed E-state index contributed by atoms with van der Waals surface area (Å²) in [7, 11) is 1.90. The molecule has 0 bridgehead atoms. The molecule has 2 aromatic heterocycles. The zero-order valence-electron chi connectivity index (χ0n) is 14.6. The summed E-state index contributed by atoms with van der Waals surface area (Å²) < 4.78 is 5.59. The molecule has 0 aromatic carbocycles. The fourth-order valence-corrected chi connectivity index (χ4v) is 3.66. The number of hydrogen-bond donors (Lipinski definition) is 2. The fraction of sp³-hybridized carbons (Fsp3) is 0.625. The summed E-state index contributed by atoms with van der Waals surface area (Å²) in [6, 6.07) is 2.05. The quantitative estimate of drug-likeness (QED) is 0.745. The molecular formula is C16H24N6O2S. The van der Waals surface area contributed by atoms with Crippen molar-refractivity contribution in [1.82, 2.24) is 25.3 Å². The van der Waals surface area contributed by atoms with Crippen molar-refractivity contribution in [2.45, 2.75) is 45.3 Å². The van der Waals surface area contributed by atoms with Gasteiger partial charge in [0.2, 0.25) is 11.0 Å². The van der Waals surface area contributed by atoms with Gasteiger partial charge in [0.25, 0.3) is 0 Å². The second-order valence-corrected chi connectivity index (χ2v) is 7.31. The summed E-state index contributed by atoms with van der Waals surface area (Å²) in [5, 5.41) is 19.6. The number of rotatable bonds is 8. The molecular weight excluding hydrogens is 340 g/mol. The zero-order valence-corrected chi connectivity index (χ0v) is 15.4. The van der Waals surface area contributed by atoms with Crippen LogP contribution in [0.25, 0.3) is 0 Å². The molecule has 8 nitrogen and oxygen atoms in total. The molecule has 1 saturated heterocycles. The molecule has 0 saturated carbocycles. The fourth-order valence-electron chi connectivity index (χ4n) is 2.81. The molecule has 3 rings (SSSR count). The molecule has 1 atom stereocenters. The Hall–Kier alpha value is -1.84. The Labute approximate surface area is 151 Å². The number of likely N-dealkylation sites (N-methyl/N-ethyl adjacent to an activating group) is 1. The van der Waals surface area contributed by atoms with Gasteiger partial charge in [-0.05, 0) is 32.4 Å². The van der Waals surface area contributed by atoms with Gasteiger partial charge in [-0.15, -0.1) is 10.2 Å². The number of hydrogen-bond acceptors (Lipinski definition) is 7. The van der Waals surface area contributed by atoms with E-state index in [1.807, 2.05) is 11.9 Å². The molecule has 0 aliphatic carbocycles. The summed E-state index contributed by atoms with van der Waals surface area (Å²) in [6.45, 7) is 3.81. The molecule has 136 valence electrons. The number of anilines is 1. The minimum atomic E-state index is -0.106. The minimum Gasteiger partial charge on any atom is -0.371 e. The number of amides is 1. The second kappa shape index (κ2) is 8.50. The lowest BCUT2D eigenvalue weighted by Crippen LogP contribution is -2.29. The van der Waals surface area contributed by atoms with Crippen LogP contribution in [-0.2, 0) is 22.5 Å². The van der Waals surface area contributed by atoms with Gasteiger partial charge in [-0.25, -0.2) is 0 Å². The highest BCUT2D eigenvalue weighted by atomic mass is 32.1. The number of nitrogens with one attached hydrogen (secondary N) is 2. The van der Waals surface area contributed by atoms with Crippen molar-refractivity contribution in [3.05, 3.63) is 22.5 Å². The van der Waals surface area contributed by atoms with Crippen molar-refractivity contribution >= 4 is 22.4 Å². The molecule has 1 unspecified atom stereocenters. The van der Waals surface area contributed by atoms with Gasteiger partial charge in [0.1, 0.15) is 11.1 Å². The first-order valence-electron chi connectivity index (χ1n) is 8.60. The van der Waals surface area contributed by atoms with Gasteiger partial charge in [-0.1, -0.05) is 24.7 Å². The van der Waals surface area contributed by atoms with Crippen LogP contribution in [0.15, 0.2) is 6.07 Å². The third-order valence-corrected chi connectivity index (χ3v) is 4.87. The van der Waals surface area contributed by atoms with E-state index < -0.39 is 0 Å². The highest BCUT2D eigenvalue weighted by Gasteiger charge is 2.22. The largest absolute Gasteiger partial charge is 0.371 e. The predicted molar refractivity (Wildman–Crippen MR) is 95.4 cm³/mol. The van der Waals surface area contributed by atoms with Crippen molar-refractivity contribution in [2.24, 2.45) is 0 Å². The maximum Gasteiger partial charge on any atom is 0.240 e. The van der Waals surface area contributed by atoms with Crippen molar-refractivity contribution < 1.29 is 9.53 Å². The van der Waals surface area contributed by atoms with E-state index in [4.69, 9.17) is 4.74 Å². The van der Waals surface area contributed by atoms with Crippen LogP contribution in [-0.4, -0.2) is 51.4 Å². The van der Waals surface area contributed by atoms with Crippen LogP contribution < -0.4 is 5.32 Å². The van der Waals surface area contributed by atoms with Gasteiger partial charge in [0.05, 0.1) is 12.2 Å². The molecule has 1 amide bonds. The summed E-state index contributed by atoms with van der Waals surface area (Å²) in [5.41, 5.74) is 2.07. The highest BCUT2D eigenvalue weighted by Crippen LogP contribution is 2.31. The molecule has 1 fully saturated rings.